The van der Waals surface area contributed by atoms with Crippen molar-refractivity contribution in [3.8, 4) is 5.75 Å². The summed E-state index contributed by atoms with van der Waals surface area (Å²) in [6.45, 7) is 6.51. The van der Waals surface area contributed by atoms with E-state index < -0.39 is 23.5 Å². The number of ketones is 1. The highest BCUT2D eigenvalue weighted by Crippen LogP contribution is 2.39. The number of aliphatic hydroxyl groups is 1. The predicted molar refractivity (Wildman–Crippen MR) is 149 cm³/mol. The number of hydrogen-bond acceptors (Lipinski definition) is 6. The summed E-state index contributed by atoms with van der Waals surface area (Å²) in [7, 11) is 0. The Balaban J connectivity index is 1.38. The van der Waals surface area contributed by atoms with Gasteiger partial charge in [0.25, 0.3) is 11.7 Å². The number of halogens is 1. The van der Waals surface area contributed by atoms with Crippen molar-refractivity contribution >= 4 is 17.4 Å². The van der Waals surface area contributed by atoms with Gasteiger partial charge in [-0.25, -0.2) is 4.39 Å². The molecule has 3 aromatic carbocycles. The number of hydrogen-bond donors (Lipinski definition) is 1. The Morgan fingerprint density at radius 3 is 2.38 bits per heavy atom. The van der Waals surface area contributed by atoms with Gasteiger partial charge in [0.15, 0.2) is 0 Å². The molecule has 2 aliphatic rings. The first kappa shape index (κ1) is 27.6. The lowest BCUT2D eigenvalue weighted by Crippen LogP contribution is -2.38. The maximum absolute atomic E-state index is 13.7. The minimum absolute atomic E-state index is 0.00319. The molecule has 5 rings (SSSR count). The smallest absolute Gasteiger partial charge is 0.295 e. The zero-order valence-electron chi connectivity index (χ0n) is 22.5. The lowest BCUT2D eigenvalue weighted by molar-refractivity contribution is -0.140. The molecule has 0 radical (unpaired) electrons. The second-order valence-corrected chi connectivity index (χ2v) is 10.1. The normalized spacial score (nSPS) is 19.2. The zero-order valence-corrected chi connectivity index (χ0v) is 22.5. The molecule has 7 nitrogen and oxygen atoms in total. The van der Waals surface area contributed by atoms with Gasteiger partial charge in [-0.05, 0) is 66.4 Å². The minimum atomic E-state index is -0.817. The third-order valence-corrected chi connectivity index (χ3v) is 7.49. The molecule has 2 fully saturated rings. The van der Waals surface area contributed by atoms with Crippen molar-refractivity contribution in [3.63, 3.8) is 0 Å². The minimum Gasteiger partial charge on any atom is -0.507 e. The van der Waals surface area contributed by atoms with Gasteiger partial charge in [-0.15, -0.1) is 0 Å². The third kappa shape index (κ3) is 6.08. The lowest BCUT2D eigenvalue weighted by Gasteiger charge is -2.29. The molecule has 3 aromatic rings. The number of nitrogens with zero attached hydrogens (tertiary/aromatic N) is 2. The van der Waals surface area contributed by atoms with Crippen LogP contribution in [-0.2, 0) is 20.9 Å². The van der Waals surface area contributed by atoms with Gasteiger partial charge in [0.1, 0.15) is 23.9 Å². The van der Waals surface area contributed by atoms with Crippen LogP contribution in [0.2, 0.25) is 0 Å². The molecular weight excluding hydrogens is 511 g/mol. The van der Waals surface area contributed by atoms with Gasteiger partial charge in [0.2, 0.25) is 0 Å². The maximum atomic E-state index is 13.7. The van der Waals surface area contributed by atoms with Gasteiger partial charge in [0.05, 0.1) is 24.8 Å². The highest BCUT2D eigenvalue weighted by molar-refractivity contribution is 6.46. The Morgan fingerprint density at radius 2 is 1.68 bits per heavy atom. The molecule has 1 atom stereocenters. The van der Waals surface area contributed by atoms with Crippen molar-refractivity contribution in [1.29, 1.82) is 0 Å². The van der Waals surface area contributed by atoms with Crippen LogP contribution in [0.15, 0.2) is 78.4 Å². The molecule has 40 heavy (non-hydrogen) atoms. The van der Waals surface area contributed by atoms with E-state index >= 15 is 0 Å². The number of aryl methyl sites for hydroxylation is 1. The van der Waals surface area contributed by atoms with Crippen LogP contribution >= 0.6 is 0 Å². The largest absolute Gasteiger partial charge is 0.507 e. The van der Waals surface area contributed by atoms with Crippen LogP contribution < -0.4 is 4.74 Å². The van der Waals surface area contributed by atoms with Crippen molar-refractivity contribution in [2.75, 3.05) is 39.4 Å². The van der Waals surface area contributed by atoms with E-state index in [9.17, 15) is 19.1 Å². The van der Waals surface area contributed by atoms with Crippen LogP contribution in [0.4, 0.5) is 4.39 Å². The fourth-order valence-electron chi connectivity index (χ4n) is 5.19. The molecule has 1 N–H and O–H groups in total. The highest BCUT2D eigenvalue weighted by atomic mass is 19.1. The van der Waals surface area contributed by atoms with Crippen molar-refractivity contribution in [2.45, 2.75) is 26.0 Å². The van der Waals surface area contributed by atoms with E-state index in [1.165, 1.54) is 17.0 Å². The van der Waals surface area contributed by atoms with Crippen LogP contribution in [-0.4, -0.2) is 66.0 Å². The van der Waals surface area contributed by atoms with Crippen LogP contribution in [0.1, 0.15) is 34.7 Å². The summed E-state index contributed by atoms with van der Waals surface area (Å²) in [6.07, 6.45) is 0.650. The van der Waals surface area contributed by atoms with Gasteiger partial charge in [-0.2, -0.15) is 0 Å². The summed E-state index contributed by atoms with van der Waals surface area (Å²) < 4.78 is 25.1. The van der Waals surface area contributed by atoms with Gasteiger partial charge in [0, 0.05) is 31.7 Å². The fourth-order valence-corrected chi connectivity index (χ4v) is 5.19. The number of carbonyl (C=O) groups is 2. The Morgan fingerprint density at radius 1 is 0.975 bits per heavy atom. The Hall–Kier alpha value is -4.01. The molecule has 1 amide bonds. The van der Waals surface area contributed by atoms with Crippen molar-refractivity contribution in [1.82, 2.24) is 9.80 Å². The molecule has 2 saturated heterocycles. The van der Waals surface area contributed by atoms with E-state index in [1.807, 2.05) is 31.2 Å². The first-order valence-electron chi connectivity index (χ1n) is 13.5. The van der Waals surface area contributed by atoms with E-state index in [4.69, 9.17) is 9.47 Å². The number of rotatable bonds is 9. The first-order valence-corrected chi connectivity index (χ1v) is 13.5. The third-order valence-electron chi connectivity index (χ3n) is 7.49. The summed E-state index contributed by atoms with van der Waals surface area (Å²) in [4.78, 5) is 30.2. The van der Waals surface area contributed by atoms with E-state index in [1.54, 1.807) is 36.4 Å². The maximum Gasteiger partial charge on any atom is 0.295 e. The van der Waals surface area contributed by atoms with Crippen LogP contribution in [0.25, 0.3) is 5.76 Å². The average Bonchev–Trinajstić information content (AvgIpc) is 3.23. The highest BCUT2D eigenvalue weighted by Gasteiger charge is 2.45. The quantitative estimate of drug-likeness (QED) is 0.236. The molecule has 8 heteroatoms. The fraction of sp³-hybridized carbons (Fsp3) is 0.312. The summed E-state index contributed by atoms with van der Waals surface area (Å²) in [5.74, 6) is -1.50. The second-order valence-electron chi connectivity index (χ2n) is 10.1. The van der Waals surface area contributed by atoms with E-state index in [-0.39, 0.29) is 11.3 Å². The molecule has 0 aliphatic carbocycles. The molecule has 0 spiro atoms. The monoisotopic (exact) mass is 544 g/mol. The van der Waals surface area contributed by atoms with Crippen LogP contribution in [0.5, 0.6) is 5.75 Å². The predicted octanol–water partition coefficient (Wildman–Crippen LogP) is 4.86. The van der Waals surface area contributed by atoms with E-state index in [0.29, 0.717) is 49.7 Å². The number of benzene rings is 3. The molecule has 2 heterocycles. The molecular formula is C32H33FN2O5. The number of Topliss-reactive ketones (excluding diaryl/α,β-unsaturated/α-hetero) is 1. The standard InChI is InChI=1S/C32H33FN2O5/c1-22-5-2-3-6-25(22)21-40-27-13-9-24(10-14-27)30(36)28-29(23-7-11-26(33)12-8-23)35(32(38)31(28)37)16-4-15-34-17-19-39-20-18-34/h2-3,5-14,29,36H,4,15-21H2,1H3. The van der Waals surface area contributed by atoms with Crippen LogP contribution in [0.3, 0.4) is 0 Å². The second kappa shape index (κ2) is 12.4. The number of morpholine rings is 1. The number of carbonyl (C=O) groups excluding carboxylic acids is 2. The molecule has 0 saturated carbocycles. The number of amides is 1. The first-order chi connectivity index (χ1) is 19.4. The molecule has 208 valence electrons. The van der Waals surface area contributed by atoms with Gasteiger partial charge < -0.3 is 19.5 Å². The Labute approximate surface area is 233 Å². The average molecular weight is 545 g/mol. The van der Waals surface area contributed by atoms with E-state index in [0.717, 1.165) is 30.8 Å². The molecule has 2 aliphatic heterocycles. The summed E-state index contributed by atoms with van der Waals surface area (Å²) in [5, 5.41) is 11.3. The number of aliphatic hydroxyl groups excluding tert-OH is 1. The van der Waals surface area contributed by atoms with E-state index in [2.05, 4.69) is 4.90 Å². The molecule has 1 unspecified atom stereocenters. The Kier molecular flexibility index (Phi) is 8.57. The van der Waals surface area contributed by atoms with Crippen LogP contribution in [0, 0.1) is 12.7 Å². The Bertz CT molecular complexity index is 1380. The van der Waals surface area contributed by atoms with Crippen molar-refractivity contribution in [3.05, 3.63) is 106 Å². The topological polar surface area (TPSA) is 79.3 Å². The SMILES string of the molecule is Cc1ccccc1COc1ccc(C(O)=C2C(=O)C(=O)N(CCCN3CCOCC3)C2c2ccc(F)cc2)cc1. The molecule has 0 aromatic heterocycles. The zero-order chi connectivity index (χ0) is 28.1. The number of ether oxygens (including phenoxy) is 2. The lowest BCUT2D eigenvalue weighted by atomic mass is 9.95. The van der Waals surface area contributed by atoms with Crippen molar-refractivity contribution < 1.29 is 28.6 Å². The van der Waals surface area contributed by atoms with Gasteiger partial charge >= 0.3 is 0 Å². The summed E-state index contributed by atoms with van der Waals surface area (Å²) >= 11 is 0. The van der Waals surface area contributed by atoms with Crippen molar-refractivity contribution in [2.24, 2.45) is 0 Å². The van der Waals surface area contributed by atoms with Gasteiger partial charge in [-0.3, -0.25) is 14.5 Å². The summed E-state index contributed by atoms with van der Waals surface area (Å²) in [5.41, 5.74) is 3.15. The summed E-state index contributed by atoms with van der Waals surface area (Å²) in [6, 6.07) is 19.6. The van der Waals surface area contributed by atoms with Gasteiger partial charge in [-0.1, -0.05) is 36.4 Å². The number of likely N-dealkylation sites (tertiary alicyclic amines) is 1. The molecule has 0 bridgehead atoms.